The van der Waals surface area contributed by atoms with Crippen LogP contribution in [-0.4, -0.2) is 15.4 Å². The van der Waals surface area contributed by atoms with Gasteiger partial charge in [0.05, 0.1) is 4.92 Å². The predicted molar refractivity (Wildman–Crippen MR) is 74.9 cm³/mol. The molecular formula is C11H9Cl2N4O3S-. The zero-order chi connectivity index (χ0) is 14.7. The first-order valence-corrected chi connectivity index (χ1v) is 6.65. The third-order valence-electron chi connectivity index (χ3n) is 2.42. The molecule has 2 N–H and O–H groups in total. The number of amides is 1. The molecule has 0 aliphatic heterocycles. The molecule has 0 unspecified atom stereocenters. The molecule has 0 fully saturated rings. The zero-order valence-electron chi connectivity index (χ0n) is 10.4. The van der Waals surface area contributed by atoms with Crippen LogP contribution in [-0.2, 0) is 11.3 Å². The Bertz CT molecular complexity index is 728. The van der Waals surface area contributed by atoms with Crippen molar-refractivity contribution in [1.29, 1.82) is 5.41 Å². The van der Waals surface area contributed by atoms with E-state index in [0.29, 0.717) is 0 Å². The second-order valence-electron chi connectivity index (χ2n) is 3.80. The molecule has 10 heteroatoms. The van der Waals surface area contributed by atoms with Crippen molar-refractivity contribution in [3.63, 3.8) is 0 Å². The van der Waals surface area contributed by atoms with Crippen molar-refractivity contribution in [1.82, 2.24) is 4.57 Å². The van der Waals surface area contributed by atoms with E-state index >= 15 is 0 Å². The highest BCUT2D eigenvalue weighted by Crippen LogP contribution is 2.27. The van der Waals surface area contributed by atoms with Crippen LogP contribution in [0.15, 0.2) is 29.8 Å². The van der Waals surface area contributed by atoms with E-state index in [-0.39, 0.29) is 40.2 Å². The third-order valence-corrected chi connectivity index (χ3v) is 3.38. The Morgan fingerprint density at radius 2 is 2.24 bits per heavy atom. The zero-order valence-corrected chi connectivity index (χ0v) is 12.7. The number of benzene rings is 1. The second-order valence-corrected chi connectivity index (χ2v) is 5.13. The molecule has 0 saturated carbocycles. The van der Waals surface area contributed by atoms with Gasteiger partial charge in [0, 0.05) is 22.7 Å². The maximum atomic E-state index is 11.8. The summed E-state index contributed by atoms with van der Waals surface area (Å²) < 4.78 is 1.43. The average Bonchev–Trinajstić information content (AvgIpc) is 2.74. The summed E-state index contributed by atoms with van der Waals surface area (Å²) in [5.41, 5.74) is -0.195. The summed E-state index contributed by atoms with van der Waals surface area (Å²) >= 11 is 6.95. The van der Waals surface area contributed by atoms with Gasteiger partial charge < -0.3 is 22.3 Å². The number of hydrogen-bond donors (Lipinski definition) is 2. The van der Waals surface area contributed by atoms with E-state index in [1.807, 2.05) is 0 Å². The molecule has 7 nitrogen and oxygen atoms in total. The van der Waals surface area contributed by atoms with Gasteiger partial charge in [-0.05, 0) is 12.1 Å². The monoisotopic (exact) mass is 347 g/mol. The Morgan fingerprint density at radius 3 is 2.81 bits per heavy atom. The maximum Gasteiger partial charge on any atom is 0.292 e. The van der Waals surface area contributed by atoms with Crippen LogP contribution in [0.2, 0.25) is 5.02 Å². The molecule has 0 aliphatic rings. The lowest BCUT2D eigenvalue weighted by Crippen LogP contribution is -3.00. The fourth-order valence-electron chi connectivity index (χ4n) is 1.54. The molecule has 0 aliphatic carbocycles. The van der Waals surface area contributed by atoms with Crippen LogP contribution in [0, 0.1) is 15.5 Å². The van der Waals surface area contributed by atoms with Gasteiger partial charge in [-0.25, -0.2) is 0 Å². The standard InChI is InChI=1S/C11H9ClN4O3S.ClH/c12-7-1-2-9(16(18)19)8(5-7)14-10(17)6-15-3-4-20-11(15)13;/h1-5,13H,6H2,(H,14,17);1H/p-1. The lowest BCUT2D eigenvalue weighted by Gasteiger charge is -2.07. The van der Waals surface area contributed by atoms with E-state index in [4.69, 9.17) is 17.0 Å². The van der Waals surface area contributed by atoms with Crippen molar-refractivity contribution in [2.45, 2.75) is 6.54 Å². The number of rotatable bonds is 4. The van der Waals surface area contributed by atoms with Crippen molar-refractivity contribution in [3.8, 4) is 0 Å². The molecule has 1 heterocycles. The summed E-state index contributed by atoms with van der Waals surface area (Å²) in [6.45, 7) is -0.0913. The van der Waals surface area contributed by atoms with Gasteiger partial charge >= 0.3 is 0 Å². The first kappa shape index (κ1) is 17.2. The van der Waals surface area contributed by atoms with Crippen LogP contribution >= 0.6 is 22.9 Å². The quantitative estimate of drug-likeness (QED) is 0.561. The normalized spacial score (nSPS) is 9.76. The molecule has 112 valence electrons. The average molecular weight is 348 g/mol. The van der Waals surface area contributed by atoms with E-state index in [0.717, 1.165) is 0 Å². The molecule has 0 radical (unpaired) electrons. The lowest BCUT2D eigenvalue weighted by atomic mass is 10.2. The van der Waals surface area contributed by atoms with E-state index in [1.165, 1.54) is 34.1 Å². The summed E-state index contributed by atoms with van der Waals surface area (Å²) in [5.74, 6) is -0.465. The molecular weight excluding hydrogens is 339 g/mol. The van der Waals surface area contributed by atoms with Crippen LogP contribution < -0.4 is 22.5 Å². The topological polar surface area (TPSA) is 101 Å². The maximum absolute atomic E-state index is 11.8. The Balaban J connectivity index is 0.00000220. The number of hydrogen-bond acceptors (Lipinski definition) is 5. The molecule has 2 rings (SSSR count). The molecule has 0 saturated heterocycles. The Labute approximate surface area is 134 Å². The molecule has 0 spiro atoms. The molecule has 1 aromatic carbocycles. The van der Waals surface area contributed by atoms with E-state index in [1.54, 1.807) is 11.6 Å². The smallest absolute Gasteiger partial charge is 0.292 e. The van der Waals surface area contributed by atoms with Crippen molar-refractivity contribution in [3.05, 3.63) is 49.7 Å². The van der Waals surface area contributed by atoms with Gasteiger partial charge in [0.1, 0.15) is 12.2 Å². The number of aromatic nitrogens is 1. The summed E-state index contributed by atoms with van der Waals surface area (Å²) in [6, 6.07) is 3.92. The number of halogens is 2. The van der Waals surface area contributed by atoms with Gasteiger partial charge in [0.2, 0.25) is 5.91 Å². The Morgan fingerprint density at radius 1 is 1.52 bits per heavy atom. The minimum absolute atomic E-state index is 0. The highest BCUT2D eigenvalue weighted by atomic mass is 35.5. The van der Waals surface area contributed by atoms with Crippen LogP contribution in [0.25, 0.3) is 0 Å². The largest absolute Gasteiger partial charge is 1.00 e. The summed E-state index contributed by atoms with van der Waals surface area (Å²) in [5, 5.41) is 22.8. The number of anilines is 1. The van der Waals surface area contributed by atoms with Gasteiger partial charge in [-0.15, -0.1) is 11.3 Å². The molecule has 2 aromatic rings. The van der Waals surface area contributed by atoms with Crippen molar-refractivity contribution < 1.29 is 22.1 Å². The number of nitro groups is 1. The number of nitro benzene ring substituents is 1. The fourth-order valence-corrected chi connectivity index (χ4v) is 2.31. The van der Waals surface area contributed by atoms with Crippen LogP contribution in [0.1, 0.15) is 0 Å². The van der Waals surface area contributed by atoms with Crippen molar-refractivity contribution >= 4 is 40.2 Å². The van der Waals surface area contributed by atoms with Crippen LogP contribution in [0.5, 0.6) is 0 Å². The summed E-state index contributed by atoms with van der Waals surface area (Å²) in [6.07, 6.45) is 1.60. The Hall–Kier alpha value is -1.90. The molecule has 1 amide bonds. The molecule has 0 atom stereocenters. The second kappa shape index (κ2) is 7.21. The molecule has 0 bridgehead atoms. The van der Waals surface area contributed by atoms with Gasteiger partial charge in [-0.2, -0.15) is 0 Å². The third kappa shape index (κ3) is 4.28. The van der Waals surface area contributed by atoms with Gasteiger partial charge in [-0.1, -0.05) is 11.6 Å². The van der Waals surface area contributed by atoms with Crippen LogP contribution in [0.4, 0.5) is 11.4 Å². The number of nitrogens with one attached hydrogen (secondary N) is 2. The molecule has 1 aromatic heterocycles. The molecule has 21 heavy (non-hydrogen) atoms. The number of carbonyl (C=O) groups excluding carboxylic acids is 1. The minimum atomic E-state index is -0.598. The van der Waals surface area contributed by atoms with Crippen molar-refractivity contribution in [2.75, 3.05) is 5.32 Å². The summed E-state index contributed by atoms with van der Waals surface area (Å²) in [7, 11) is 0. The van der Waals surface area contributed by atoms with Crippen molar-refractivity contribution in [2.24, 2.45) is 0 Å². The van der Waals surface area contributed by atoms with Gasteiger partial charge in [-0.3, -0.25) is 20.3 Å². The number of nitrogens with zero attached hydrogens (tertiary/aromatic N) is 2. The highest BCUT2D eigenvalue weighted by molar-refractivity contribution is 7.06. The predicted octanol–water partition coefficient (Wildman–Crippen LogP) is -0.767. The van der Waals surface area contributed by atoms with Gasteiger partial charge in [0.25, 0.3) is 5.69 Å². The fraction of sp³-hybridized carbons (Fsp3) is 0.0909. The summed E-state index contributed by atoms with van der Waals surface area (Å²) in [4.78, 5) is 22.3. The number of thiazole rings is 1. The van der Waals surface area contributed by atoms with Crippen LogP contribution in [0.3, 0.4) is 0 Å². The highest BCUT2D eigenvalue weighted by Gasteiger charge is 2.16. The van der Waals surface area contributed by atoms with E-state index in [2.05, 4.69) is 5.32 Å². The van der Waals surface area contributed by atoms with E-state index < -0.39 is 10.8 Å². The minimum Gasteiger partial charge on any atom is -1.00 e. The lowest BCUT2D eigenvalue weighted by molar-refractivity contribution is -0.383. The SMILES string of the molecule is N=c1sccn1CC(=O)Nc1cc(Cl)ccc1[N+](=O)[O-].[Cl-]. The first-order valence-electron chi connectivity index (χ1n) is 5.39. The van der Waals surface area contributed by atoms with E-state index in [9.17, 15) is 14.9 Å². The Kier molecular flexibility index (Phi) is 5.89. The van der Waals surface area contributed by atoms with Gasteiger partial charge in [0.15, 0.2) is 4.80 Å². The number of carbonyl (C=O) groups is 1. The first-order chi connectivity index (χ1) is 9.47.